The zero-order valence-corrected chi connectivity index (χ0v) is 15.4. The highest BCUT2D eigenvalue weighted by molar-refractivity contribution is 5.76. The lowest BCUT2D eigenvalue weighted by Gasteiger charge is -2.35. The third kappa shape index (κ3) is 4.19. The van der Waals surface area contributed by atoms with Gasteiger partial charge in [-0.05, 0) is 36.4 Å². The summed E-state index contributed by atoms with van der Waals surface area (Å²) in [6.07, 6.45) is 4.19. The predicted octanol–water partition coefficient (Wildman–Crippen LogP) is 3.16. The summed E-state index contributed by atoms with van der Waals surface area (Å²) in [5.41, 5.74) is 0.761. The Kier molecular flexibility index (Phi) is 5.32. The number of halogens is 1. The van der Waals surface area contributed by atoms with Crippen molar-refractivity contribution in [2.75, 3.05) is 31.1 Å². The number of nitrogens with zero attached hydrogens (tertiary/aromatic N) is 4. The standard InChI is InChI=1S/C21H21FN4O2/c22-17-6-4-16(5-7-17)18-15-24-20(28-18)8-9-21(27)26-13-11-25(12-14-26)19-3-1-2-10-23-19/h1-7,10,15H,8-9,11-14H2. The van der Waals surface area contributed by atoms with E-state index in [0.29, 0.717) is 37.6 Å². The molecule has 0 radical (unpaired) electrons. The Labute approximate surface area is 162 Å². The van der Waals surface area contributed by atoms with Gasteiger partial charge in [-0.2, -0.15) is 0 Å². The lowest BCUT2D eigenvalue weighted by molar-refractivity contribution is -0.131. The van der Waals surface area contributed by atoms with Gasteiger partial charge >= 0.3 is 0 Å². The number of amides is 1. The van der Waals surface area contributed by atoms with Crippen molar-refractivity contribution in [2.24, 2.45) is 0 Å². The van der Waals surface area contributed by atoms with Crippen LogP contribution in [0.3, 0.4) is 0 Å². The first-order chi connectivity index (χ1) is 13.7. The second kappa shape index (κ2) is 8.21. The van der Waals surface area contributed by atoms with Crippen molar-refractivity contribution in [1.29, 1.82) is 0 Å². The maximum absolute atomic E-state index is 13.0. The molecule has 4 rings (SSSR count). The molecule has 0 aliphatic carbocycles. The molecular weight excluding hydrogens is 359 g/mol. The largest absolute Gasteiger partial charge is 0.441 e. The number of rotatable bonds is 5. The molecule has 0 spiro atoms. The molecule has 0 unspecified atom stereocenters. The van der Waals surface area contributed by atoms with Crippen molar-refractivity contribution < 1.29 is 13.6 Å². The molecule has 1 fully saturated rings. The summed E-state index contributed by atoms with van der Waals surface area (Å²) in [6.45, 7) is 2.91. The second-order valence-corrected chi connectivity index (χ2v) is 6.68. The van der Waals surface area contributed by atoms with Crippen molar-refractivity contribution in [3.63, 3.8) is 0 Å². The molecule has 0 atom stereocenters. The monoisotopic (exact) mass is 380 g/mol. The Balaban J connectivity index is 1.28. The molecule has 2 aromatic heterocycles. The van der Waals surface area contributed by atoms with Crippen LogP contribution in [0.15, 0.2) is 59.3 Å². The third-order valence-electron chi connectivity index (χ3n) is 4.84. The van der Waals surface area contributed by atoms with Gasteiger partial charge < -0.3 is 14.2 Å². The lowest BCUT2D eigenvalue weighted by Crippen LogP contribution is -2.49. The van der Waals surface area contributed by atoms with Crippen LogP contribution in [0.1, 0.15) is 12.3 Å². The molecule has 1 aliphatic rings. The minimum Gasteiger partial charge on any atom is -0.441 e. The zero-order valence-electron chi connectivity index (χ0n) is 15.4. The Morgan fingerprint density at radius 3 is 2.54 bits per heavy atom. The molecule has 144 valence electrons. The SMILES string of the molecule is O=C(CCc1ncc(-c2ccc(F)cc2)o1)N1CCN(c2ccccn2)CC1. The van der Waals surface area contributed by atoms with Gasteiger partial charge in [0.05, 0.1) is 6.20 Å². The molecule has 7 heteroatoms. The normalized spacial score (nSPS) is 14.3. The van der Waals surface area contributed by atoms with E-state index < -0.39 is 0 Å². The predicted molar refractivity (Wildman–Crippen MR) is 103 cm³/mol. The molecular formula is C21H21FN4O2. The highest BCUT2D eigenvalue weighted by Gasteiger charge is 2.22. The Hall–Kier alpha value is -3.22. The van der Waals surface area contributed by atoms with E-state index in [-0.39, 0.29) is 11.7 Å². The summed E-state index contributed by atoms with van der Waals surface area (Å²) in [6, 6.07) is 11.9. The first-order valence-electron chi connectivity index (χ1n) is 9.33. The number of carbonyl (C=O) groups is 1. The molecule has 1 aromatic carbocycles. The zero-order chi connectivity index (χ0) is 19.3. The van der Waals surface area contributed by atoms with Crippen molar-refractivity contribution in [3.05, 3.63) is 66.6 Å². The van der Waals surface area contributed by atoms with Gasteiger partial charge in [-0.25, -0.2) is 14.4 Å². The number of hydrogen-bond donors (Lipinski definition) is 0. The average molecular weight is 380 g/mol. The van der Waals surface area contributed by atoms with E-state index in [2.05, 4.69) is 14.9 Å². The van der Waals surface area contributed by atoms with Gasteiger partial charge in [-0.3, -0.25) is 4.79 Å². The molecule has 1 amide bonds. The topological polar surface area (TPSA) is 62.5 Å². The molecule has 1 aliphatic heterocycles. The highest BCUT2D eigenvalue weighted by atomic mass is 19.1. The van der Waals surface area contributed by atoms with E-state index in [0.717, 1.165) is 24.5 Å². The quantitative estimate of drug-likeness (QED) is 0.680. The van der Waals surface area contributed by atoms with Crippen molar-refractivity contribution >= 4 is 11.7 Å². The fourth-order valence-corrected chi connectivity index (χ4v) is 3.27. The Morgan fingerprint density at radius 1 is 1.04 bits per heavy atom. The molecule has 0 N–H and O–H groups in total. The van der Waals surface area contributed by atoms with Crippen molar-refractivity contribution in [3.8, 4) is 11.3 Å². The molecule has 0 bridgehead atoms. The first kappa shape index (κ1) is 18.2. The third-order valence-corrected chi connectivity index (χ3v) is 4.84. The lowest BCUT2D eigenvalue weighted by atomic mass is 10.2. The number of hydrogen-bond acceptors (Lipinski definition) is 5. The summed E-state index contributed by atoms with van der Waals surface area (Å²) in [5, 5.41) is 0. The number of anilines is 1. The van der Waals surface area contributed by atoms with Crippen LogP contribution in [-0.2, 0) is 11.2 Å². The van der Waals surface area contributed by atoms with E-state index in [1.54, 1.807) is 24.5 Å². The second-order valence-electron chi connectivity index (χ2n) is 6.68. The maximum Gasteiger partial charge on any atom is 0.223 e. The molecule has 3 heterocycles. The highest BCUT2D eigenvalue weighted by Crippen LogP contribution is 2.21. The van der Waals surface area contributed by atoms with Crippen molar-refractivity contribution in [1.82, 2.24) is 14.9 Å². The summed E-state index contributed by atoms with van der Waals surface area (Å²) >= 11 is 0. The summed E-state index contributed by atoms with van der Waals surface area (Å²) in [4.78, 5) is 25.2. The van der Waals surface area contributed by atoms with Crippen LogP contribution >= 0.6 is 0 Å². The van der Waals surface area contributed by atoms with Gasteiger partial charge in [-0.1, -0.05) is 6.07 Å². The Morgan fingerprint density at radius 2 is 1.82 bits per heavy atom. The van der Waals surface area contributed by atoms with Crippen molar-refractivity contribution in [2.45, 2.75) is 12.8 Å². The number of pyridine rings is 1. The van der Waals surface area contributed by atoms with E-state index in [1.165, 1.54) is 12.1 Å². The minimum atomic E-state index is -0.294. The van der Waals surface area contributed by atoms with E-state index in [9.17, 15) is 9.18 Å². The molecule has 6 nitrogen and oxygen atoms in total. The maximum atomic E-state index is 13.0. The number of carbonyl (C=O) groups excluding carboxylic acids is 1. The summed E-state index contributed by atoms with van der Waals surface area (Å²) in [7, 11) is 0. The molecule has 1 saturated heterocycles. The summed E-state index contributed by atoms with van der Waals surface area (Å²) < 4.78 is 18.7. The van der Waals surface area contributed by atoms with Gasteiger partial charge in [0.2, 0.25) is 5.91 Å². The molecule has 3 aromatic rings. The summed E-state index contributed by atoms with van der Waals surface area (Å²) in [5.74, 6) is 1.84. The van der Waals surface area contributed by atoms with Crippen LogP contribution in [-0.4, -0.2) is 47.0 Å². The number of benzene rings is 1. The van der Waals surface area contributed by atoms with Gasteiger partial charge in [0.25, 0.3) is 0 Å². The number of oxazole rings is 1. The van der Waals surface area contributed by atoms with E-state index in [4.69, 9.17) is 4.42 Å². The van der Waals surface area contributed by atoms with Gasteiger partial charge in [0.15, 0.2) is 11.7 Å². The van der Waals surface area contributed by atoms with E-state index in [1.807, 2.05) is 23.1 Å². The van der Waals surface area contributed by atoms with Crippen LogP contribution in [0.25, 0.3) is 11.3 Å². The number of aromatic nitrogens is 2. The average Bonchev–Trinajstić information content (AvgIpc) is 3.22. The van der Waals surface area contributed by atoms with Gasteiger partial charge in [-0.15, -0.1) is 0 Å². The Bertz CT molecular complexity index is 919. The van der Waals surface area contributed by atoms with Crippen LogP contribution in [0, 0.1) is 5.82 Å². The van der Waals surface area contributed by atoms with Crippen LogP contribution in [0.2, 0.25) is 0 Å². The van der Waals surface area contributed by atoms with Crippen LogP contribution in [0.5, 0.6) is 0 Å². The fourth-order valence-electron chi connectivity index (χ4n) is 3.27. The van der Waals surface area contributed by atoms with Gasteiger partial charge in [0.1, 0.15) is 11.6 Å². The van der Waals surface area contributed by atoms with E-state index >= 15 is 0 Å². The smallest absolute Gasteiger partial charge is 0.223 e. The van der Waals surface area contributed by atoms with Crippen LogP contribution in [0.4, 0.5) is 10.2 Å². The van der Waals surface area contributed by atoms with Gasteiger partial charge in [0, 0.05) is 50.8 Å². The molecule has 28 heavy (non-hydrogen) atoms. The number of aryl methyl sites for hydroxylation is 1. The minimum absolute atomic E-state index is 0.0993. The van der Waals surface area contributed by atoms with Crippen LogP contribution < -0.4 is 4.90 Å². The number of piperazine rings is 1. The fraction of sp³-hybridized carbons (Fsp3) is 0.286. The first-order valence-corrected chi connectivity index (χ1v) is 9.33. The molecule has 0 saturated carbocycles.